The molecule has 1 aliphatic carbocycles. The molecule has 1 spiro atoms. The minimum atomic E-state index is -2.89. The van der Waals surface area contributed by atoms with Crippen LogP contribution < -0.4 is 5.32 Å². The van der Waals surface area contributed by atoms with Crippen molar-refractivity contribution in [2.45, 2.75) is 50.2 Å². The van der Waals surface area contributed by atoms with E-state index in [0.717, 1.165) is 58.4 Å². The smallest absolute Gasteiger partial charge is 0.158 e. The van der Waals surface area contributed by atoms with Crippen LogP contribution in [0.4, 0.5) is 0 Å². The summed E-state index contributed by atoms with van der Waals surface area (Å²) in [4.78, 5) is 2.44. The third-order valence-electron chi connectivity index (χ3n) is 5.67. The van der Waals surface area contributed by atoms with Crippen molar-refractivity contribution in [1.29, 1.82) is 0 Å². The van der Waals surface area contributed by atoms with E-state index in [0.29, 0.717) is 11.2 Å². The van der Waals surface area contributed by atoms with E-state index in [4.69, 9.17) is 0 Å². The molecule has 3 aliphatic rings. The topological polar surface area (TPSA) is 49.4 Å². The van der Waals surface area contributed by atoms with Gasteiger partial charge in [-0.05, 0) is 31.2 Å². The number of halogens is 1. The van der Waals surface area contributed by atoms with Gasteiger partial charge in [0.25, 0.3) is 0 Å². The van der Waals surface area contributed by atoms with Gasteiger partial charge in [0.2, 0.25) is 0 Å². The van der Waals surface area contributed by atoms with Gasteiger partial charge in [-0.3, -0.25) is 0 Å². The summed E-state index contributed by atoms with van der Waals surface area (Å²) in [5, 5.41) is 3.44. The van der Waals surface area contributed by atoms with E-state index >= 15 is 0 Å². The van der Waals surface area contributed by atoms with Crippen molar-refractivity contribution >= 4 is 22.2 Å². The van der Waals surface area contributed by atoms with Crippen molar-refractivity contribution in [2.75, 3.05) is 38.5 Å². The van der Waals surface area contributed by atoms with Crippen molar-refractivity contribution < 1.29 is 8.42 Å². The largest absolute Gasteiger partial charge is 0.316 e. The molecule has 1 saturated carbocycles. The van der Waals surface area contributed by atoms with Gasteiger partial charge >= 0.3 is 0 Å². The average molecular weight is 337 g/mol. The second-order valence-corrected chi connectivity index (χ2v) is 10.0. The summed E-state index contributed by atoms with van der Waals surface area (Å²) in [7, 11) is -2.89. The molecule has 21 heavy (non-hydrogen) atoms. The minimum absolute atomic E-state index is 0. The van der Waals surface area contributed by atoms with Crippen LogP contribution in [0.2, 0.25) is 0 Å². The Bertz CT molecular complexity index is 454. The SMILES string of the molecule is CC1(CN2CCS(=O)(=O)C3(CCCCC3)C2)CCNC1.Cl. The van der Waals surface area contributed by atoms with Crippen LogP contribution >= 0.6 is 12.4 Å². The van der Waals surface area contributed by atoms with Gasteiger partial charge < -0.3 is 10.2 Å². The normalized spacial score (nSPS) is 35.5. The fraction of sp³-hybridized carbons (Fsp3) is 1.00. The Hall–Kier alpha value is 0.160. The first-order valence-electron chi connectivity index (χ1n) is 8.10. The number of hydrogen-bond donors (Lipinski definition) is 1. The summed E-state index contributed by atoms with van der Waals surface area (Å²) in [6, 6.07) is 0. The third-order valence-corrected chi connectivity index (χ3v) is 8.25. The Morgan fingerprint density at radius 2 is 1.86 bits per heavy atom. The van der Waals surface area contributed by atoms with Gasteiger partial charge in [0, 0.05) is 26.2 Å². The van der Waals surface area contributed by atoms with Crippen LogP contribution in [0.1, 0.15) is 45.4 Å². The monoisotopic (exact) mass is 336 g/mol. The zero-order valence-corrected chi connectivity index (χ0v) is 14.7. The lowest BCUT2D eigenvalue weighted by Crippen LogP contribution is -2.58. The average Bonchev–Trinajstić information content (AvgIpc) is 2.82. The van der Waals surface area contributed by atoms with Crippen molar-refractivity contribution in [2.24, 2.45) is 5.41 Å². The second kappa shape index (κ2) is 6.34. The Morgan fingerprint density at radius 3 is 2.48 bits per heavy atom. The van der Waals surface area contributed by atoms with E-state index in [1.807, 2.05) is 0 Å². The second-order valence-electron chi connectivity index (χ2n) is 7.51. The third kappa shape index (κ3) is 3.41. The van der Waals surface area contributed by atoms with E-state index in [2.05, 4.69) is 17.1 Å². The quantitative estimate of drug-likeness (QED) is 0.836. The van der Waals surface area contributed by atoms with Crippen LogP contribution in [0.5, 0.6) is 0 Å². The van der Waals surface area contributed by atoms with Gasteiger partial charge in [-0.1, -0.05) is 26.2 Å². The zero-order chi connectivity index (χ0) is 14.3. The highest BCUT2D eigenvalue weighted by molar-refractivity contribution is 7.92. The highest BCUT2D eigenvalue weighted by Gasteiger charge is 2.48. The van der Waals surface area contributed by atoms with Gasteiger partial charge in [-0.15, -0.1) is 12.4 Å². The van der Waals surface area contributed by atoms with Gasteiger partial charge in [-0.2, -0.15) is 0 Å². The lowest BCUT2D eigenvalue weighted by molar-refractivity contribution is 0.146. The Balaban J connectivity index is 0.00000161. The van der Waals surface area contributed by atoms with Crippen LogP contribution in [0.15, 0.2) is 0 Å². The maximum Gasteiger partial charge on any atom is 0.158 e. The summed E-state index contributed by atoms with van der Waals surface area (Å²) in [6.07, 6.45) is 6.38. The van der Waals surface area contributed by atoms with E-state index in [9.17, 15) is 8.42 Å². The highest BCUT2D eigenvalue weighted by atomic mass is 35.5. The summed E-state index contributed by atoms with van der Waals surface area (Å²) < 4.78 is 24.8. The van der Waals surface area contributed by atoms with Gasteiger partial charge in [0.1, 0.15) is 0 Å². The van der Waals surface area contributed by atoms with Crippen LogP contribution in [0, 0.1) is 5.41 Å². The van der Waals surface area contributed by atoms with Crippen LogP contribution in [-0.2, 0) is 9.84 Å². The molecule has 0 radical (unpaired) electrons. The van der Waals surface area contributed by atoms with E-state index < -0.39 is 14.6 Å². The molecule has 6 heteroatoms. The summed E-state index contributed by atoms with van der Waals surface area (Å²) in [6.45, 7) is 7.09. The van der Waals surface area contributed by atoms with Crippen molar-refractivity contribution in [1.82, 2.24) is 10.2 Å². The number of rotatable bonds is 2. The lowest BCUT2D eigenvalue weighted by Gasteiger charge is -2.46. The Labute approximate surface area is 135 Å². The number of hydrogen-bond acceptors (Lipinski definition) is 4. The molecule has 0 bridgehead atoms. The molecule has 1 atom stereocenters. The van der Waals surface area contributed by atoms with E-state index in [-0.39, 0.29) is 12.4 Å². The molecule has 2 heterocycles. The first-order chi connectivity index (χ1) is 9.45. The van der Waals surface area contributed by atoms with Crippen molar-refractivity contribution in [3.63, 3.8) is 0 Å². The van der Waals surface area contributed by atoms with Gasteiger partial charge in [0.05, 0.1) is 10.5 Å². The molecule has 1 N–H and O–H groups in total. The van der Waals surface area contributed by atoms with Crippen LogP contribution in [0.25, 0.3) is 0 Å². The molecule has 3 fully saturated rings. The summed E-state index contributed by atoms with van der Waals surface area (Å²) in [5.74, 6) is 0.372. The molecular formula is C15H29ClN2O2S. The maximum absolute atomic E-state index is 12.6. The van der Waals surface area contributed by atoms with Gasteiger partial charge in [-0.25, -0.2) is 8.42 Å². The molecule has 0 aromatic heterocycles. The number of nitrogens with one attached hydrogen (secondary N) is 1. The number of nitrogens with zero attached hydrogens (tertiary/aromatic N) is 1. The first kappa shape index (κ1) is 17.5. The van der Waals surface area contributed by atoms with Crippen LogP contribution in [0.3, 0.4) is 0 Å². The molecule has 124 valence electrons. The Kier molecular flexibility index (Phi) is 5.29. The standard InChI is InChI=1S/C15H28N2O2S.ClH/c1-14(7-8-16-11-14)12-17-9-10-20(18,19)15(13-17)5-3-2-4-6-15;/h16H,2-13H2,1H3;1H. The molecular weight excluding hydrogens is 308 g/mol. The zero-order valence-electron chi connectivity index (χ0n) is 13.1. The summed E-state index contributed by atoms with van der Waals surface area (Å²) in [5.41, 5.74) is 0.330. The lowest BCUT2D eigenvalue weighted by atomic mass is 9.85. The molecule has 1 unspecified atom stereocenters. The van der Waals surface area contributed by atoms with Crippen LogP contribution in [-0.4, -0.2) is 56.5 Å². The molecule has 2 saturated heterocycles. The minimum Gasteiger partial charge on any atom is -0.316 e. The fourth-order valence-electron chi connectivity index (χ4n) is 4.39. The van der Waals surface area contributed by atoms with Crippen molar-refractivity contribution in [3.8, 4) is 0 Å². The fourth-order valence-corrected chi connectivity index (χ4v) is 6.62. The molecule has 0 aromatic carbocycles. The molecule has 3 rings (SSSR count). The molecule has 2 aliphatic heterocycles. The molecule has 0 amide bonds. The predicted octanol–water partition coefficient (Wildman–Crippen LogP) is 1.84. The molecule has 4 nitrogen and oxygen atoms in total. The predicted molar refractivity (Wildman–Crippen MR) is 88.9 cm³/mol. The summed E-state index contributed by atoms with van der Waals surface area (Å²) >= 11 is 0. The van der Waals surface area contributed by atoms with Crippen molar-refractivity contribution in [3.05, 3.63) is 0 Å². The highest BCUT2D eigenvalue weighted by Crippen LogP contribution is 2.39. The first-order valence-corrected chi connectivity index (χ1v) is 9.76. The maximum atomic E-state index is 12.6. The van der Waals surface area contributed by atoms with E-state index in [1.165, 1.54) is 12.8 Å². The number of sulfone groups is 1. The van der Waals surface area contributed by atoms with E-state index in [1.54, 1.807) is 0 Å². The van der Waals surface area contributed by atoms with Gasteiger partial charge in [0.15, 0.2) is 9.84 Å². The Morgan fingerprint density at radius 1 is 1.14 bits per heavy atom. The molecule has 0 aromatic rings.